The average Bonchev–Trinajstić information content (AvgIpc) is 2.92. The van der Waals surface area contributed by atoms with Gasteiger partial charge in [0.05, 0.1) is 17.6 Å². The fourth-order valence-corrected chi connectivity index (χ4v) is 2.31. The number of hydrogen-bond donors (Lipinski definition) is 2. The van der Waals surface area contributed by atoms with Crippen molar-refractivity contribution >= 4 is 23.7 Å². The van der Waals surface area contributed by atoms with Crippen molar-refractivity contribution in [3.05, 3.63) is 18.1 Å². The van der Waals surface area contributed by atoms with Crippen LogP contribution in [0.4, 0.5) is 4.79 Å². The van der Waals surface area contributed by atoms with Gasteiger partial charge in [0.25, 0.3) is 0 Å². The molecule has 0 bridgehead atoms. The number of imide groups is 1. The van der Waals surface area contributed by atoms with Crippen LogP contribution in [-0.4, -0.2) is 32.5 Å². The molecule has 0 saturated heterocycles. The number of nitrogens with zero attached hydrogens (tertiary/aromatic N) is 3. The van der Waals surface area contributed by atoms with Gasteiger partial charge in [-0.1, -0.05) is 11.8 Å². The van der Waals surface area contributed by atoms with Crippen LogP contribution in [0, 0.1) is 6.92 Å². The van der Waals surface area contributed by atoms with E-state index in [1.807, 2.05) is 12.2 Å². The maximum Gasteiger partial charge on any atom is 0.318 e. The normalized spacial score (nSPS) is 10.5. The van der Waals surface area contributed by atoms with Crippen molar-refractivity contribution in [2.75, 3.05) is 5.75 Å². The van der Waals surface area contributed by atoms with Gasteiger partial charge < -0.3 is 14.7 Å². The Bertz CT molecular complexity index is 648. The second-order valence-electron chi connectivity index (χ2n) is 3.96. The van der Waals surface area contributed by atoms with Crippen LogP contribution in [0.1, 0.15) is 5.76 Å². The Morgan fingerprint density at radius 3 is 2.85 bits per heavy atom. The van der Waals surface area contributed by atoms with E-state index < -0.39 is 11.9 Å². The van der Waals surface area contributed by atoms with Crippen molar-refractivity contribution in [3.8, 4) is 11.4 Å². The summed E-state index contributed by atoms with van der Waals surface area (Å²) in [6, 6.07) is 0.927. The number of hydrogen-bond acceptors (Lipinski definition) is 6. The maximum atomic E-state index is 11.3. The standard InChI is InChI=1S/C11H13N5O3S/c1-6-7(3-4-19-6)9-14-15-11(16(9)2)20-5-8(17)13-10(12)18/h3-4H,5H2,1-2H3,(H3,12,13,17,18). The van der Waals surface area contributed by atoms with Crippen molar-refractivity contribution in [3.63, 3.8) is 0 Å². The maximum absolute atomic E-state index is 11.3. The molecule has 0 aromatic carbocycles. The van der Waals surface area contributed by atoms with Crippen LogP contribution in [0.2, 0.25) is 0 Å². The smallest absolute Gasteiger partial charge is 0.318 e. The molecule has 2 rings (SSSR count). The molecule has 2 heterocycles. The highest BCUT2D eigenvalue weighted by atomic mass is 32.2. The highest BCUT2D eigenvalue weighted by Crippen LogP contribution is 2.25. The van der Waals surface area contributed by atoms with Gasteiger partial charge in [-0.3, -0.25) is 10.1 Å². The Hall–Kier alpha value is -2.29. The summed E-state index contributed by atoms with van der Waals surface area (Å²) >= 11 is 1.16. The summed E-state index contributed by atoms with van der Waals surface area (Å²) in [6.07, 6.45) is 1.58. The summed E-state index contributed by atoms with van der Waals surface area (Å²) in [5.74, 6) is 0.934. The summed E-state index contributed by atoms with van der Waals surface area (Å²) in [5, 5.41) is 10.6. The molecule has 0 saturated carbocycles. The van der Waals surface area contributed by atoms with E-state index in [1.54, 1.807) is 23.9 Å². The van der Waals surface area contributed by atoms with E-state index in [1.165, 1.54) is 0 Å². The van der Waals surface area contributed by atoms with Crippen LogP contribution in [0.25, 0.3) is 11.4 Å². The predicted molar refractivity (Wildman–Crippen MR) is 71.9 cm³/mol. The van der Waals surface area contributed by atoms with E-state index in [-0.39, 0.29) is 5.75 Å². The van der Waals surface area contributed by atoms with Crippen molar-refractivity contribution in [1.82, 2.24) is 20.1 Å². The summed E-state index contributed by atoms with van der Waals surface area (Å²) in [4.78, 5) is 21.8. The van der Waals surface area contributed by atoms with E-state index in [2.05, 4.69) is 10.2 Å². The molecule has 3 N–H and O–H groups in total. The number of nitrogens with two attached hydrogens (primary N) is 1. The average molecular weight is 295 g/mol. The van der Waals surface area contributed by atoms with Crippen LogP contribution < -0.4 is 11.1 Å². The van der Waals surface area contributed by atoms with Crippen LogP contribution in [0.5, 0.6) is 0 Å². The molecule has 2 aromatic rings. The van der Waals surface area contributed by atoms with Gasteiger partial charge in [-0.2, -0.15) is 0 Å². The van der Waals surface area contributed by atoms with Crippen LogP contribution in [0.15, 0.2) is 21.9 Å². The van der Waals surface area contributed by atoms with Crippen LogP contribution in [-0.2, 0) is 11.8 Å². The fraction of sp³-hybridized carbons (Fsp3) is 0.273. The molecule has 0 radical (unpaired) electrons. The van der Waals surface area contributed by atoms with Gasteiger partial charge in [0.15, 0.2) is 11.0 Å². The number of furan rings is 1. The number of amides is 3. The van der Waals surface area contributed by atoms with Gasteiger partial charge in [-0.25, -0.2) is 4.79 Å². The molecule has 9 heteroatoms. The van der Waals surface area contributed by atoms with E-state index in [0.717, 1.165) is 23.1 Å². The second kappa shape index (κ2) is 5.78. The lowest BCUT2D eigenvalue weighted by Gasteiger charge is -2.03. The van der Waals surface area contributed by atoms with Crippen molar-refractivity contribution in [1.29, 1.82) is 0 Å². The molecule has 2 aromatic heterocycles. The minimum absolute atomic E-state index is 0.0271. The largest absolute Gasteiger partial charge is 0.469 e. The molecule has 20 heavy (non-hydrogen) atoms. The fourth-order valence-electron chi connectivity index (χ4n) is 1.60. The van der Waals surface area contributed by atoms with E-state index >= 15 is 0 Å². The summed E-state index contributed by atoms with van der Waals surface area (Å²) in [6.45, 7) is 1.83. The van der Waals surface area contributed by atoms with Crippen molar-refractivity contribution < 1.29 is 14.0 Å². The van der Waals surface area contributed by atoms with Gasteiger partial charge in [0, 0.05) is 7.05 Å². The van der Waals surface area contributed by atoms with Gasteiger partial charge in [0.2, 0.25) is 5.91 Å². The lowest BCUT2D eigenvalue weighted by Crippen LogP contribution is -2.36. The predicted octanol–water partition coefficient (Wildman–Crippen LogP) is 0.671. The molecular formula is C11H13N5O3S. The van der Waals surface area contributed by atoms with Gasteiger partial charge in [-0.15, -0.1) is 10.2 Å². The number of rotatable bonds is 4. The minimum Gasteiger partial charge on any atom is -0.469 e. The molecule has 0 fully saturated rings. The molecule has 0 atom stereocenters. The number of primary amides is 1. The number of carbonyl (C=O) groups excluding carboxylic acids is 2. The molecule has 8 nitrogen and oxygen atoms in total. The quantitative estimate of drug-likeness (QED) is 0.801. The molecule has 106 valence electrons. The topological polar surface area (TPSA) is 116 Å². The highest BCUT2D eigenvalue weighted by molar-refractivity contribution is 7.99. The Balaban J connectivity index is 2.08. The van der Waals surface area contributed by atoms with Crippen molar-refractivity contribution in [2.24, 2.45) is 12.8 Å². The second-order valence-corrected chi connectivity index (χ2v) is 4.90. The number of urea groups is 1. The van der Waals surface area contributed by atoms with E-state index in [0.29, 0.717) is 11.0 Å². The molecule has 0 aliphatic carbocycles. The summed E-state index contributed by atoms with van der Waals surface area (Å²) in [7, 11) is 1.79. The molecule has 0 unspecified atom stereocenters. The molecule has 0 aliphatic rings. The lowest BCUT2D eigenvalue weighted by atomic mass is 10.2. The third-order valence-electron chi connectivity index (χ3n) is 2.53. The van der Waals surface area contributed by atoms with Gasteiger partial charge >= 0.3 is 6.03 Å². The Kier molecular flexibility index (Phi) is 4.08. The lowest BCUT2D eigenvalue weighted by molar-refractivity contribution is -0.117. The number of nitrogens with one attached hydrogen (secondary N) is 1. The molecule has 3 amide bonds. The number of aryl methyl sites for hydroxylation is 1. The highest BCUT2D eigenvalue weighted by Gasteiger charge is 2.15. The van der Waals surface area contributed by atoms with Crippen molar-refractivity contribution in [2.45, 2.75) is 12.1 Å². The first-order chi connectivity index (χ1) is 9.49. The zero-order chi connectivity index (χ0) is 14.7. The summed E-state index contributed by atoms with van der Waals surface area (Å²) in [5.41, 5.74) is 5.69. The number of carbonyl (C=O) groups is 2. The van der Waals surface area contributed by atoms with Gasteiger partial charge in [-0.05, 0) is 13.0 Å². The monoisotopic (exact) mass is 295 g/mol. The SMILES string of the molecule is Cc1occc1-c1nnc(SCC(=O)NC(N)=O)n1C. The Labute approximate surface area is 118 Å². The molecule has 0 spiro atoms. The zero-order valence-electron chi connectivity index (χ0n) is 10.9. The Morgan fingerprint density at radius 1 is 1.50 bits per heavy atom. The first-order valence-electron chi connectivity index (χ1n) is 5.65. The first kappa shape index (κ1) is 14.1. The third kappa shape index (κ3) is 2.99. The molecular weight excluding hydrogens is 282 g/mol. The number of aromatic nitrogens is 3. The zero-order valence-corrected chi connectivity index (χ0v) is 11.7. The van der Waals surface area contributed by atoms with Gasteiger partial charge in [0.1, 0.15) is 5.76 Å². The van der Waals surface area contributed by atoms with E-state index in [4.69, 9.17) is 10.2 Å². The van der Waals surface area contributed by atoms with Crippen LogP contribution in [0.3, 0.4) is 0 Å². The Morgan fingerprint density at radius 2 is 2.25 bits per heavy atom. The van der Waals surface area contributed by atoms with E-state index in [9.17, 15) is 9.59 Å². The third-order valence-corrected chi connectivity index (χ3v) is 3.55. The first-order valence-corrected chi connectivity index (χ1v) is 6.63. The molecule has 0 aliphatic heterocycles. The summed E-state index contributed by atoms with van der Waals surface area (Å²) < 4.78 is 6.97. The number of thioether (sulfide) groups is 1. The van der Waals surface area contributed by atoms with Crippen LogP contribution >= 0.6 is 11.8 Å². The minimum atomic E-state index is -0.872.